The molecule has 7 heteroatoms. The summed E-state index contributed by atoms with van der Waals surface area (Å²) < 4.78 is 17.1. The van der Waals surface area contributed by atoms with Crippen LogP contribution in [0, 0.1) is 6.08 Å². The predicted octanol–water partition coefficient (Wildman–Crippen LogP) is -0.231. The Kier molecular flexibility index (Phi) is 3.98. The van der Waals surface area contributed by atoms with Crippen molar-refractivity contribution in [2.24, 2.45) is 0 Å². The van der Waals surface area contributed by atoms with Gasteiger partial charge in [0.15, 0.2) is 0 Å². The zero-order valence-electron chi connectivity index (χ0n) is 8.91. The lowest BCUT2D eigenvalue weighted by molar-refractivity contribution is -0.144. The SMILES string of the molecule is COC(=O)[C@H](Cc1cnc(F)[nH]1)NC(C)=O. The van der Waals surface area contributed by atoms with Gasteiger partial charge in [0, 0.05) is 19.0 Å². The van der Waals surface area contributed by atoms with E-state index >= 15 is 0 Å². The van der Waals surface area contributed by atoms with E-state index in [9.17, 15) is 14.0 Å². The van der Waals surface area contributed by atoms with Crippen LogP contribution in [0.5, 0.6) is 0 Å². The number of nitrogens with zero attached hydrogens (tertiary/aromatic N) is 1. The molecule has 0 aliphatic rings. The summed E-state index contributed by atoms with van der Waals surface area (Å²) in [5.74, 6) is -0.958. The van der Waals surface area contributed by atoms with Crippen molar-refractivity contribution in [1.82, 2.24) is 15.3 Å². The van der Waals surface area contributed by atoms with Crippen LogP contribution in [-0.4, -0.2) is 35.0 Å². The average molecular weight is 229 g/mol. The first-order valence-corrected chi connectivity index (χ1v) is 4.57. The van der Waals surface area contributed by atoms with Gasteiger partial charge in [0.25, 0.3) is 6.08 Å². The minimum Gasteiger partial charge on any atom is -0.467 e. The number of esters is 1. The topological polar surface area (TPSA) is 84.1 Å². The number of rotatable bonds is 4. The van der Waals surface area contributed by atoms with Gasteiger partial charge in [0.2, 0.25) is 5.91 Å². The molecule has 0 spiro atoms. The summed E-state index contributed by atoms with van der Waals surface area (Å²) >= 11 is 0. The summed E-state index contributed by atoms with van der Waals surface area (Å²) in [5, 5.41) is 2.40. The number of imidazole rings is 1. The van der Waals surface area contributed by atoms with E-state index in [-0.39, 0.29) is 12.3 Å². The molecule has 0 bridgehead atoms. The van der Waals surface area contributed by atoms with Crippen molar-refractivity contribution in [3.05, 3.63) is 18.0 Å². The van der Waals surface area contributed by atoms with Crippen molar-refractivity contribution >= 4 is 11.9 Å². The third-order valence-corrected chi connectivity index (χ3v) is 1.88. The van der Waals surface area contributed by atoms with Crippen molar-refractivity contribution in [1.29, 1.82) is 0 Å². The number of aromatic amines is 1. The van der Waals surface area contributed by atoms with Crippen LogP contribution in [0.25, 0.3) is 0 Å². The van der Waals surface area contributed by atoms with Crippen LogP contribution in [0.2, 0.25) is 0 Å². The molecule has 0 aliphatic heterocycles. The van der Waals surface area contributed by atoms with Gasteiger partial charge < -0.3 is 15.0 Å². The highest BCUT2D eigenvalue weighted by Crippen LogP contribution is 2.02. The minimum atomic E-state index is -0.845. The van der Waals surface area contributed by atoms with Gasteiger partial charge in [0.05, 0.1) is 13.3 Å². The predicted molar refractivity (Wildman–Crippen MR) is 51.9 cm³/mol. The summed E-state index contributed by atoms with van der Waals surface area (Å²) in [5.41, 5.74) is 0.404. The highest BCUT2D eigenvalue weighted by molar-refractivity contribution is 5.83. The van der Waals surface area contributed by atoms with Crippen LogP contribution in [0.1, 0.15) is 12.6 Å². The average Bonchev–Trinajstić information content (AvgIpc) is 2.61. The van der Waals surface area contributed by atoms with E-state index in [0.29, 0.717) is 5.69 Å². The normalized spacial score (nSPS) is 11.9. The van der Waals surface area contributed by atoms with Gasteiger partial charge in [-0.1, -0.05) is 0 Å². The van der Waals surface area contributed by atoms with E-state index in [1.165, 1.54) is 20.2 Å². The molecule has 6 nitrogen and oxygen atoms in total. The molecule has 0 aromatic carbocycles. The number of amides is 1. The van der Waals surface area contributed by atoms with Gasteiger partial charge in [-0.15, -0.1) is 0 Å². The zero-order chi connectivity index (χ0) is 12.1. The first kappa shape index (κ1) is 12.2. The Morgan fingerprint density at radius 1 is 1.69 bits per heavy atom. The van der Waals surface area contributed by atoms with Crippen molar-refractivity contribution < 1.29 is 18.7 Å². The molecule has 88 valence electrons. The van der Waals surface area contributed by atoms with Gasteiger partial charge in [-0.05, 0) is 0 Å². The maximum atomic E-state index is 12.6. The Labute approximate surface area is 91.2 Å². The van der Waals surface area contributed by atoms with Gasteiger partial charge in [-0.25, -0.2) is 9.78 Å². The molecule has 0 saturated heterocycles. The molecule has 1 aromatic rings. The van der Waals surface area contributed by atoms with E-state index < -0.39 is 18.1 Å². The minimum absolute atomic E-state index is 0.100. The molecule has 0 fully saturated rings. The molecule has 0 aliphatic carbocycles. The lowest BCUT2D eigenvalue weighted by Crippen LogP contribution is -2.42. The standard InChI is InChI=1S/C9H12FN3O3/c1-5(14)12-7(8(15)16-2)3-6-4-11-9(10)13-6/h4,7H,3H2,1-2H3,(H,11,13)(H,12,14)/t7-/m0/s1. The fourth-order valence-corrected chi connectivity index (χ4v) is 1.24. The van der Waals surface area contributed by atoms with Crippen molar-refractivity contribution in [3.63, 3.8) is 0 Å². The fourth-order valence-electron chi connectivity index (χ4n) is 1.24. The molecule has 1 amide bonds. The monoisotopic (exact) mass is 229 g/mol. The molecular formula is C9H12FN3O3. The summed E-state index contributed by atoms with van der Waals surface area (Å²) in [4.78, 5) is 27.8. The summed E-state index contributed by atoms with van der Waals surface area (Å²) in [6.07, 6.45) is 0.623. The fraction of sp³-hybridized carbons (Fsp3) is 0.444. The molecule has 1 rings (SSSR count). The van der Waals surface area contributed by atoms with E-state index in [1.807, 2.05) is 0 Å². The second-order valence-corrected chi connectivity index (χ2v) is 3.18. The van der Waals surface area contributed by atoms with Crippen LogP contribution in [0.3, 0.4) is 0 Å². The smallest absolute Gasteiger partial charge is 0.328 e. The van der Waals surface area contributed by atoms with Crippen molar-refractivity contribution in [2.45, 2.75) is 19.4 Å². The van der Waals surface area contributed by atoms with E-state index in [4.69, 9.17) is 0 Å². The highest BCUT2D eigenvalue weighted by atomic mass is 19.1. The molecular weight excluding hydrogens is 217 g/mol. The third-order valence-electron chi connectivity index (χ3n) is 1.88. The number of carbonyl (C=O) groups excluding carboxylic acids is 2. The van der Waals surface area contributed by atoms with Crippen LogP contribution < -0.4 is 5.32 Å². The number of carbonyl (C=O) groups is 2. The van der Waals surface area contributed by atoms with Gasteiger partial charge in [-0.3, -0.25) is 4.79 Å². The molecule has 0 saturated carbocycles. The zero-order valence-corrected chi connectivity index (χ0v) is 8.91. The Morgan fingerprint density at radius 2 is 2.38 bits per heavy atom. The van der Waals surface area contributed by atoms with Gasteiger partial charge >= 0.3 is 5.97 Å². The first-order valence-electron chi connectivity index (χ1n) is 4.57. The largest absolute Gasteiger partial charge is 0.467 e. The number of aromatic nitrogens is 2. The molecule has 1 atom stereocenters. The number of hydrogen-bond acceptors (Lipinski definition) is 4. The third kappa shape index (κ3) is 3.34. The van der Waals surface area contributed by atoms with E-state index in [2.05, 4.69) is 20.0 Å². The number of H-pyrrole nitrogens is 1. The second-order valence-electron chi connectivity index (χ2n) is 3.18. The molecule has 16 heavy (non-hydrogen) atoms. The maximum Gasteiger partial charge on any atom is 0.328 e. The van der Waals surface area contributed by atoms with Crippen LogP contribution in [-0.2, 0) is 20.7 Å². The summed E-state index contributed by atoms with van der Waals surface area (Å²) in [6, 6.07) is -0.845. The van der Waals surface area contributed by atoms with Crippen molar-refractivity contribution in [3.8, 4) is 0 Å². The van der Waals surface area contributed by atoms with Crippen molar-refractivity contribution in [2.75, 3.05) is 7.11 Å². The second kappa shape index (κ2) is 5.24. The number of halogens is 1. The Balaban J connectivity index is 2.70. The number of hydrogen-bond donors (Lipinski definition) is 2. The van der Waals surface area contributed by atoms with Crippen LogP contribution in [0.15, 0.2) is 6.20 Å². The quantitative estimate of drug-likeness (QED) is 0.698. The van der Waals surface area contributed by atoms with E-state index in [1.54, 1.807) is 0 Å². The van der Waals surface area contributed by atoms with Crippen LogP contribution >= 0.6 is 0 Å². The first-order chi connectivity index (χ1) is 7.52. The summed E-state index contributed by atoms with van der Waals surface area (Å²) in [7, 11) is 1.21. The van der Waals surface area contributed by atoms with E-state index in [0.717, 1.165) is 0 Å². The molecule has 1 aromatic heterocycles. The molecule has 2 N–H and O–H groups in total. The number of nitrogens with one attached hydrogen (secondary N) is 2. The maximum absolute atomic E-state index is 12.6. The number of methoxy groups -OCH3 is 1. The van der Waals surface area contributed by atoms with Gasteiger partial charge in [-0.2, -0.15) is 4.39 Å². The molecule has 1 heterocycles. The lowest BCUT2D eigenvalue weighted by Gasteiger charge is -2.13. The number of ether oxygens (including phenoxy) is 1. The van der Waals surface area contributed by atoms with Gasteiger partial charge in [0.1, 0.15) is 6.04 Å². The Morgan fingerprint density at radius 3 is 2.81 bits per heavy atom. The molecule has 0 radical (unpaired) electrons. The highest BCUT2D eigenvalue weighted by Gasteiger charge is 2.21. The summed E-state index contributed by atoms with van der Waals surface area (Å²) in [6.45, 7) is 1.28. The van der Waals surface area contributed by atoms with Crippen LogP contribution in [0.4, 0.5) is 4.39 Å². The Bertz CT molecular complexity index is 391. The lowest BCUT2D eigenvalue weighted by atomic mass is 10.1. The Hall–Kier alpha value is -1.92. The molecule has 0 unspecified atom stereocenters.